The Bertz CT molecular complexity index is 2550. The minimum absolute atomic E-state index is 0.0142. The van der Waals surface area contributed by atoms with E-state index in [9.17, 15) is 19.2 Å². The molecule has 6 rings (SSSR count). The van der Waals surface area contributed by atoms with Gasteiger partial charge < -0.3 is 28.4 Å². The summed E-state index contributed by atoms with van der Waals surface area (Å²) in [7, 11) is 3.77. The molecule has 0 radical (unpaired) electrons. The van der Waals surface area contributed by atoms with Gasteiger partial charge in [-0.25, -0.2) is 0 Å². The van der Waals surface area contributed by atoms with Crippen LogP contribution in [0.25, 0.3) is 0 Å². The quantitative estimate of drug-likeness (QED) is 0.0270. The van der Waals surface area contributed by atoms with E-state index in [2.05, 4.69) is 92.9 Å². The summed E-state index contributed by atoms with van der Waals surface area (Å²) < 4.78 is 37.6. The van der Waals surface area contributed by atoms with Crippen molar-refractivity contribution < 1.29 is 47.6 Å². The molecule has 2 aromatic rings. The van der Waals surface area contributed by atoms with Crippen LogP contribution in [-0.4, -0.2) is 108 Å². The van der Waals surface area contributed by atoms with Crippen LogP contribution < -0.4 is 18.9 Å². The number of likely N-dealkylation sites (tertiary alicyclic amines) is 2. The van der Waals surface area contributed by atoms with Crippen LogP contribution in [0.5, 0.6) is 23.0 Å². The van der Waals surface area contributed by atoms with E-state index in [0.717, 1.165) is 219 Å². The van der Waals surface area contributed by atoms with Gasteiger partial charge in [0.05, 0.1) is 25.7 Å². The molecule has 4 aliphatic heterocycles. The second-order valence-corrected chi connectivity index (χ2v) is 34.9. The molecule has 0 aromatic heterocycles. The maximum Gasteiger partial charge on any atom is 0.311 e. The van der Waals surface area contributed by atoms with Crippen molar-refractivity contribution in [2.45, 2.75) is 340 Å². The van der Waals surface area contributed by atoms with Crippen LogP contribution in [0.3, 0.4) is 0 Å². The second kappa shape index (κ2) is 41.5. The third-order valence-electron chi connectivity index (χ3n) is 22.6. The van der Waals surface area contributed by atoms with Crippen LogP contribution in [0.2, 0.25) is 0 Å². The monoisotopic (exact) mass is 1370 g/mol. The average molecular weight is 1370 g/mol. The maximum absolute atomic E-state index is 13.3. The van der Waals surface area contributed by atoms with Gasteiger partial charge in [-0.2, -0.15) is 0 Å². The molecule has 0 bridgehead atoms. The molecule has 4 aliphatic rings. The van der Waals surface area contributed by atoms with Gasteiger partial charge in [-0.3, -0.25) is 29.0 Å². The Labute approximate surface area is 593 Å². The van der Waals surface area contributed by atoms with Gasteiger partial charge in [0.1, 0.15) is 47.4 Å². The number of esters is 4. The molecule has 12 nitrogen and oxygen atoms in total. The number of carbonyl (C=O) groups excluding carboxylic acids is 4. The van der Waals surface area contributed by atoms with E-state index < -0.39 is 11.9 Å². The molecule has 2 saturated heterocycles. The zero-order valence-electron chi connectivity index (χ0n) is 63.7. The van der Waals surface area contributed by atoms with Crippen molar-refractivity contribution in [2.75, 3.05) is 50.9 Å². The lowest BCUT2D eigenvalue weighted by molar-refractivity contribution is -0.149. The second-order valence-electron chi connectivity index (χ2n) is 32.2. The van der Waals surface area contributed by atoms with E-state index in [-0.39, 0.29) is 60.9 Å². The third-order valence-corrected chi connectivity index (χ3v) is 24.9. The van der Waals surface area contributed by atoms with Gasteiger partial charge in [-0.05, 0) is 214 Å². The summed E-state index contributed by atoms with van der Waals surface area (Å²) >= 11 is 0. The van der Waals surface area contributed by atoms with E-state index in [1.807, 2.05) is 49.3 Å². The first-order chi connectivity index (χ1) is 45.7. The molecule has 2 aromatic carbocycles. The fraction of sp³-hybridized carbons (Fsp3) is 0.805. The van der Waals surface area contributed by atoms with Gasteiger partial charge in [-0.1, -0.05) is 180 Å². The van der Waals surface area contributed by atoms with E-state index in [1.54, 1.807) is 0 Å². The summed E-state index contributed by atoms with van der Waals surface area (Å²) in [6.45, 7) is 40.3. The van der Waals surface area contributed by atoms with Crippen molar-refractivity contribution in [3.05, 3.63) is 44.5 Å². The SMILES string of the molecule is Cc1c(C)c2c(c(C)c1OC(=O)CCC(=O)OCC1CCCCN1CCSSCCN1CCCCC1COC(=O)CCC(=O)Oc1c(C)c(C)c3c(c1C)CCC(C)(CCCC(C)CCCC(C)CCCC(C)C)O3)CCC(C)(CCCC(C)CCCC(C)CCCC(C)C)O2. The van der Waals surface area contributed by atoms with Crippen molar-refractivity contribution in [1.29, 1.82) is 0 Å². The molecule has 0 aliphatic carbocycles. The zero-order chi connectivity index (χ0) is 70.0. The Morgan fingerprint density at radius 2 is 0.781 bits per heavy atom. The molecule has 14 heteroatoms. The molecule has 546 valence electrons. The number of benzene rings is 2. The van der Waals surface area contributed by atoms with Gasteiger partial charge in [0, 0.05) is 47.8 Å². The summed E-state index contributed by atoms with van der Waals surface area (Å²) in [6, 6.07) is 0.331. The van der Waals surface area contributed by atoms with E-state index >= 15 is 0 Å². The number of carbonyl (C=O) groups is 4. The number of ether oxygens (including phenoxy) is 6. The highest BCUT2D eigenvalue weighted by Crippen LogP contribution is 2.47. The van der Waals surface area contributed by atoms with Gasteiger partial charge in [-0.15, -0.1) is 0 Å². The predicted octanol–water partition coefficient (Wildman–Crippen LogP) is 20.8. The summed E-state index contributed by atoms with van der Waals surface area (Å²) in [5.41, 5.74) is 7.62. The van der Waals surface area contributed by atoms with Crippen LogP contribution >= 0.6 is 21.6 Å². The third kappa shape index (κ3) is 27.1. The fourth-order valence-corrected chi connectivity index (χ4v) is 17.6. The largest absolute Gasteiger partial charge is 0.487 e. The van der Waals surface area contributed by atoms with E-state index in [1.165, 1.54) is 89.9 Å². The number of hydrogen-bond donors (Lipinski definition) is 0. The summed E-state index contributed by atoms with van der Waals surface area (Å²) in [6.07, 6.45) is 32.9. The van der Waals surface area contributed by atoms with Gasteiger partial charge >= 0.3 is 23.9 Å². The zero-order valence-corrected chi connectivity index (χ0v) is 65.3. The van der Waals surface area contributed by atoms with Gasteiger partial charge in [0.2, 0.25) is 0 Å². The summed E-state index contributed by atoms with van der Waals surface area (Å²) in [5, 5.41) is 0. The highest BCUT2D eigenvalue weighted by molar-refractivity contribution is 8.76. The highest BCUT2D eigenvalue weighted by atomic mass is 33.1. The Kier molecular flexibility index (Phi) is 35.2. The number of nitrogens with zero attached hydrogens (tertiary/aromatic N) is 2. The average Bonchev–Trinajstić information content (AvgIpc) is 0.768. The highest BCUT2D eigenvalue weighted by Gasteiger charge is 2.37. The Morgan fingerprint density at radius 3 is 1.14 bits per heavy atom. The number of rotatable bonds is 43. The van der Waals surface area contributed by atoms with E-state index in [4.69, 9.17) is 28.4 Å². The molecular weight excluding hydrogens is 1240 g/mol. The molecule has 96 heavy (non-hydrogen) atoms. The summed E-state index contributed by atoms with van der Waals surface area (Å²) in [5.74, 6) is 8.19. The lowest BCUT2D eigenvalue weighted by Gasteiger charge is -2.38. The van der Waals surface area contributed by atoms with Crippen LogP contribution in [0.1, 0.15) is 306 Å². The standard InChI is InChI=1S/C82H136N2O10S2/c1-57(2)27-21-29-59(5)31-23-33-61(7)35-25-45-81(15)47-43-71-67(13)77(63(9)65(11)79(71)93-81)91-75(87)41-39-73(85)89-55-69-37-17-19-49-83(69)51-53-95-96-54-52-84-50-20-18-38-70(84)56-90-74(86)40-42-76(88)92-78-64(10)66(12)80-72(68(78)14)44-48-82(16,94-80)46-26-36-62(8)34-24-32-60(6)30-22-28-58(3)4/h57-62,69-70H,17-56H2,1-16H3. The molecule has 0 N–H and O–H groups in total. The molecular formula is C82H136N2O10S2. The first-order valence-corrected chi connectivity index (χ1v) is 41.3. The minimum Gasteiger partial charge on any atom is -0.487 e. The molecule has 8 atom stereocenters. The van der Waals surface area contributed by atoms with E-state index in [0.29, 0.717) is 24.7 Å². The minimum atomic E-state index is -0.419. The Morgan fingerprint density at radius 1 is 0.448 bits per heavy atom. The molecule has 4 heterocycles. The topological polar surface area (TPSA) is 130 Å². The van der Waals surface area contributed by atoms with Crippen molar-refractivity contribution in [3.8, 4) is 23.0 Å². The smallest absolute Gasteiger partial charge is 0.311 e. The van der Waals surface area contributed by atoms with Gasteiger partial charge in [0.25, 0.3) is 0 Å². The van der Waals surface area contributed by atoms with Crippen molar-refractivity contribution in [3.63, 3.8) is 0 Å². The lowest BCUT2D eigenvalue weighted by atomic mass is 9.83. The molecule has 0 spiro atoms. The van der Waals surface area contributed by atoms with Crippen LogP contribution in [0, 0.1) is 77.0 Å². The van der Waals surface area contributed by atoms with Crippen molar-refractivity contribution in [1.82, 2.24) is 9.80 Å². The molecule has 0 amide bonds. The summed E-state index contributed by atoms with van der Waals surface area (Å²) in [4.78, 5) is 57.8. The van der Waals surface area contributed by atoms with Gasteiger partial charge in [0.15, 0.2) is 0 Å². The normalized spacial score (nSPS) is 21.2. The maximum atomic E-state index is 13.3. The Balaban J connectivity index is 0.826. The Hall–Kier alpha value is -3.46. The van der Waals surface area contributed by atoms with Crippen molar-refractivity contribution >= 4 is 45.5 Å². The first kappa shape index (κ1) is 81.5. The molecule has 0 saturated carbocycles. The predicted molar refractivity (Wildman–Crippen MR) is 400 cm³/mol. The van der Waals surface area contributed by atoms with Crippen LogP contribution in [-0.2, 0) is 41.5 Å². The van der Waals surface area contributed by atoms with Crippen LogP contribution in [0.4, 0.5) is 0 Å². The molecule has 8 unspecified atom stereocenters. The van der Waals surface area contributed by atoms with Crippen LogP contribution in [0.15, 0.2) is 0 Å². The lowest BCUT2D eigenvalue weighted by Crippen LogP contribution is -2.44. The van der Waals surface area contributed by atoms with Crippen molar-refractivity contribution in [2.24, 2.45) is 35.5 Å². The first-order valence-electron chi connectivity index (χ1n) is 38.8. The number of piperidine rings is 2. The number of hydrogen-bond acceptors (Lipinski definition) is 14. The fourth-order valence-electron chi connectivity index (χ4n) is 15.6. The molecule has 2 fully saturated rings. The number of fused-ring (bicyclic) bond motifs is 2.